The molecule has 3 nitrogen and oxygen atoms in total. The fraction of sp³-hybridized carbons (Fsp3) is 0.500. The molecule has 1 atom stereocenters. The molecule has 1 aromatic heterocycles. The van der Waals surface area contributed by atoms with E-state index >= 15 is 0 Å². The molecule has 1 aliphatic rings. The van der Waals surface area contributed by atoms with Gasteiger partial charge in [0.05, 0.1) is 0 Å². The van der Waals surface area contributed by atoms with Gasteiger partial charge in [0.25, 0.3) is 0 Å². The average molecular weight is 265 g/mol. The van der Waals surface area contributed by atoms with Crippen molar-refractivity contribution >= 4 is 23.4 Å². The summed E-state index contributed by atoms with van der Waals surface area (Å²) >= 11 is 1.71. The predicted molar refractivity (Wildman–Crippen MR) is 74.7 cm³/mol. The van der Waals surface area contributed by atoms with Crippen molar-refractivity contribution < 1.29 is 9.90 Å². The van der Waals surface area contributed by atoms with Crippen molar-refractivity contribution in [2.75, 3.05) is 6.54 Å². The molecule has 18 heavy (non-hydrogen) atoms. The summed E-state index contributed by atoms with van der Waals surface area (Å²) < 4.78 is 0. The number of carbonyl (C=O) groups is 1. The molecule has 98 valence electrons. The van der Waals surface area contributed by atoms with E-state index in [9.17, 15) is 4.79 Å². The van der Waals surface area contributed by atoms with Crippen molar-refractivity contribution in [2.24, 2.45) is 0 Å². The summed E-state index contributed by atoms with van der Waals surface area (Å²) in [5.74, 6) is -0.889. The van der Waals surface area contributed by atoms with Crippen molar-refractivity contribution in [1.82, 2.24) is 4.90 Å². The lowest BCUT2D eigenvalue weighted by atomic mass is 10.1. The first-order chi connectivity index (χ1) is 8.70. The Morgan fingerprint density at radius 2 is 2.50 bits per heavy atom. The summed E-state index contributed by atoms with van der Waals surface area (Å²) in [6.07, 6.45) is 6.69. The summed E-state index contributed by atoms with van der Waals surface area (Å²) in [5, 5.41) is 10.7. The fourth-order valence-electron chi connectivity index (χ4n) is 2.54. The van der Waals surface area contributed by atoms with E-state index in [2.05, 4.69) is 11.8 Å². The highest BCUT2D eigenvalue weighted by atomic mass is 32.1. The van der Waals surface area contributed by atoms with Crippen LogP contribution in [-0.4, -0.2) is 28.6 Å². The Kier molecular flexibility index (Phi) is 4.55. The summed E-state index contributed by atoms with van der Waals surface area (Å²) in [6.45, 7) is 4.36. The Hall–Kier alpha value is -1.13. The van der Waals surface area contributed by atoms with Crippen LogP contribution in [0.2, 0.25) is 0 Å². The molecule has 1 N–H and O–H groups in total. The number of hydrogen-bond acceptors (Lipinski definition) is 3. The Balaban J connectivity index is 2.05. The SMILES string of the molecule is CCC1CCCN1Cc1sccc1/C=C/C(=O)O. The molecule has 1 fully saturated rings. The zero-order chi connectivity index (χ0) is 13.0. The maximum atomic E-state index is 10.6. The third-order valence-corrected chi connectivity index (χ3v) is 4.42. The number of carboxylic acids is 1. The molecule has 0 aliphatic carbocycles. The van der Waals surface area contributed by atoms with E-state index in [-0.39, 0.29) is 0 Å². The van der Waals surface area contributed by atoms with E-state index in [0.717, 1.165) is 12.1 Å². The molecule has 1 aromatic rings. The molecule has 1 saturated heterocycles. The molecular formula is C14H19NO2S. The smallest absolute Gasteiger partial charge is 0.328 e. The standard InChI is InChI=1S/C14H19NO2S/c1-2-12-4-3-8-15(12)10-13-11(7-9-18-13)5-6-14(16)17/h5-7,9,12H,2-4,8,10H2,1H3,(H,16,17)/b6-5+. The number of carboxylic acid groups (broad SMARTS) is 1. The highest BCUT2D eigenvalue weighted by Gasteiger charge is 2.23. The van der Waals surface area contributed by atoms with Crippen LogP contribution in [0.15, 0.2) is 17.5 Å². The van der Waals surface area contributed by atoms with Crippen molar-refractivity contribution in [3.05, 3.63) is 28.0 Å². The number of nitrogens with zero attached hydrogens (tertiary/aromatic N) is 1. The van der Waals surface area contributed by atoms with Gasteiger partial charge in [-0.05, 0) is 48.9 Å². The highest BCUT2D eigenvalue weighted by Crippen LogP contribution is 2.26. The lowest BCUT2D eigenvalue weighted by Gasteiger charge is -2.22. The molecule has 4 heteroatoms. The second kappa shape index (κ2) is 6.16. The summed E-state index contributed by atoms with van der Waals surface area (Å²) in [7, 11) is 0. The number of rotatable bonds is 5. The van der Waals surface area contributed by atoms with E-state index in [1.54, 1.807) is 17.4 Å². The van der Waals surface area contributed by atoms with Gasteiger partial charge in [-0.3, -0.25) is 4.90 Å². The molecule has 2 heterocycles. The molecule has 2 rings (SSSR count). The van der Waals surface area contributed by atoms with E-state index in [1.807, 2.05) is 11.4 Å². The topological polar surface area (TPSA) is 40.5 Å². The zero-order valence-corrected chi connectivity index (χ0v) is 11.4. The van der Waals surface area contributed by atoms with Gasteiger partial charge in [0.1, 0.15) is 0 Å². The third kappa shape index (κ3) is 3.21. The first-order valence-corrected chi connectivity index (χ1v) is 7.30. The lowest BCUT2D eigenvalue weighted by Crippen LogP contribution is -2.28. The van der Waals surface area contributed by atoms with Gasteiger partial charge in [-0.1, -0.05) is 6.92 Å². The summed E-state index contributed by atoms with van der Waals surface area (Å²) in [6, 6.07) is 2.69. The van der Waals surface area contributed by atoms with Crippen LogP contribution < -0.4 is 0 Å². The predicted octanol–water partition coefficient (Wildman–Crippen LogP) is 3.22. The van der Waals surface area contributed by atoms with Crippen LogP contribution in [0.1, 0.15) is 36.6 Å². The molecule has 0 radical (unpaired) electrons. The maximum absolute atomic E-state index is 10.6. The zero-order valence-electron chi connectivity index (χ0n) is 10.6. The molecular weight excluding hydrogens is 246 g/mol. The Morgan fingerprint density at radius 3 is 3.22 bits per heavy atom. The minimum absolute atomic E-state index is 0.698. The van der Waals surface area contributed by atoms with Crippen molar-refractivity contribution in [3.8, 4) is 0 Å². The number of thiophene rings is 1. The van der Waals surface area contributed by atoms with Gasteiger partial charge >= 0.3 is 5.97 Å². The van der Waals surface area contributed by atoms with Gasteiger partial charge in [0.2, 0.25) is 0 Å². The molecule has 0 amide bonds. The Labute approximate surface area is 112 Å². The van der Waals surface area contributed by atoms with E-state index in [4.69, 9.17) is 5.11 Å². The number of aliphatic carboxylic acids is 1. The minimum atomic E-state index is -0.889. The van der Waals surface area contributed by atoms with Crippen LogP contribution in [0.25, 0.3) is 6.08 Å². The summed E-state index contributed by atoms with van der Waals surface area (Å²) in [4.78, 5) is 14.3. The van der Waals surface area contributed by atoms with Crippen molar-refractivity contribution in [3.63, 3.8) is 0 Å². The van der Waals surface area contributed by atoms with Crippen LogP contribution in [0.3, 0.4) is 0 Å². The van der Waals surface area contributed by atoms with Gasteiger partial charge in [-0.2, -0.15) is 0 Å². The lowest BCUT2D eigenvalue weighted by molar-refractivity contribution is -0.131. The first kappa shape index (κ1) is 13.3. The number of hydrogen-bond donors (Lipinski definition) is 1. The maximum Gasteiger partial charge on any atom is 0.328 e. The average Bonchev–Trinajstić information content (AvgIpc) is 2.96. The van der Waals surface area contributed by atoms with Crippen LogP contribution in [0.4, 0.5) is 0 Å². The molecule has 1 unspecified atom stereocenters. The van der Waals surface area contributed by atoms with Crippen molar-refractivity contribution in [1.29, 1.82) is 0 Å². The molecule has 0 bridgehead atoms. The normalized spacial score (nSPS) is 20.8. The quantitative estimate of drug-likeness (QED) is 0.831. The van der Waals surface area contributed by atoms with E-state index < -0.39 is 5.97 Å². The third-order valence-electron chi connectivity index (χ3n) is 3.50. The van der Waals surface area contributed by atoms with Crippen LogP contribution in [-0.2, 0) is 11.3 Å². The van der Waals surface area contributed by atoms with Gasteiger partial charge < -0.3 is 5.11 Å². The second-order valence-corrected chi connectivity index (χ2v) is 5.65. The van der Waals surface area contributed by atoms with Gasteiger partial charge in [0.15, 0.2) is 0 Å². The molecule has 0 saturated carbocycles. The Morgan fingerprint density at radius 1 is 1.67 bits per heavy atom. The van der Waals surface area contributed by atoms with Gasteiger partial charge in [-0.15, -0.1) is 11.3 Å². The Bertz CT molecular complexity index is 439. The van der Waals surface area contributed by atoms with Crippen LogP contribution >= 0.6 is 11.3 Å². The van der Waals surface area contributed by atoms with Gasteiger partial charge in [0, 0.05) is 23.5 Å². The summed E-state index contributed by atoms with van der Waals surface area (Å²) in [5.41, 5.74) is 1.05. The molecule has 0 aromatic carbocycles. The van der Waals surface area contributed by atoms with Crippen LogP contribution in [0.5, 0.6) is 0 Å². The number of likely N-dealkylation sites (tertiary alicyclic amines) is 1. The second-order valence-electron chi connectivity index (χ2n) is 4.65. The van der Waals surface area contributed by atoms with Crippen LogP contribution in [0, 0.1) is 0 Å². The highest BCUT2D eigenvalue weighted by molar-refractivity contribution is 7.10. The fourth-order valence-corrected chi connectivity index (χ4v) is 3.43. The first-order valence-electron chi connectivity index (χ1n) is 6.42. The van der Waals surface area contributed by atoms with E-state index in [1.165, 1.54) is 36.8 Å². The van der Waals surface area contributed by atoms with E-state index in [0.29, 0.717) is 6.04 Å². The van der Waals surface area contributed by atoms with Gasteiger partial charge in [-0.25, -0.2) is 4.79 Å². The monoisotopic (exact) mass is 265 g/mol. The minimum Gasteiger partial charge on any atom is -0.478 e. The molecule has 0 spiro atoms. The largest absolute Gasteiger partial charge is 0.478 e. The van der Waals surface area contributed by atoms with Crippen molar-refractivity contribution in [2.45, 2.75) is 38.8 Å². The molecule has 1 aliphatic heterocycles.